The number of aryl methyl sites for hydroxylation is 2. The van der Waals surface area contributed by atoms with Crippen LogP contribution in [0.4, 0.5) is 11.6 Å². The number of hydrogen-bond acceptors (Lipinski definition) is 6. The molecule has 2 aromatic carbocycles. The standard InChI is InChI=1S/C21H20N6O3/c1-11-4-5-15(10-12(11)2)20-24-21-23-13(3)17(19(22)28)18(26(21)25-20)14-6-8-16(9-7-14)27(29)30/h4-10,18H,1-3H3,(H2,22,28)(H,23,24,25). The van der Waals surface area contributed by atoms with Crippen molar-refractivity contribution in [3.05, 3.63) is 80.5 Å². The molecule has 1 aliphatic rings. The summed E-state index contributed by atoms with van der Waals surface area (Å²) in [5.41, 5.74) is 10.3. The number of nitrogens with two attached hydrogens (primary N) is 1. The molecule has 9 heteroatoms. The minimum absolute atomic E-state index is 0.0383. The predicted octanol–water partition coefficient (Wildman–Crippen LogP) is 3.24. The first kappa shape index (κ1) is 19.3. The van der Waals surface area contributed by atoms with E-state index in [1.165, 1.54) is 12.1 Å². The number of nitro groups is 1. The Bertz CT molecular complexity index is 1210. The van der Waals surface area contributed by atoms with Gasteiger partial charge in [-0.15, -0.1) is 5.10 Å². The second kappa shape index (κ2) is 7.11. The van der Waals surface area contributed by atoms with Crippen molar-refractivity contribution in [3.63, 3.8) is 0 Å². The fourth-order valence-electron chi connectivity index (χ4n) is 3.56. The first-order valence-electron chi connectivity index (χ1n) is 9.32. The van der Waals surface area contributed by atoms with Crippen molar-refractivity contribution in [2.75, 3.05) is 5.32 Å². The number of carbonyl (C=O) groups is 1. The van der Waals surface area contributed by atoms with Crippen LogP contribution in [0.25, 0.3) is 11.4 Å². The number of benzene rings is 2. The first-order chi connectivity index (χ1) is 14.3. The Morgan fingerprint density at radius 3 is 2.43 bits per heavy atom. The molecule has 0 saturated carbocycles. The van der Waals surface area contributed by atoms with Gasteiger partial charge in [0, 0.05) is 23.4 Å². The number of anilines is 1. The van der Waals surface area contributed by atoms with Gasteiger partial charge in [0.05, 0.1) is 10.5 Å². The average molecular weight is 404 g/mol. The number of rotatable bonds is 4. The molecule has 3 aromatic rings. The predicted molar refractivity (Wildman–Crippen MR) is 112 cm³/mol. The molecule has 0 aliphatic carbocycles. The summed E-state index contributed by atoms with van der Waals surface area (Å²) in [5.74, 6) is 0.373. The summed E-state index contributed by atoms with van der Waals surface area (Å²) in [4.78, 5) is 27.4. The van der Waals surface area contributed by atoms with E-state index in [2.05, 4.69) is 15.4 Å². The average Bonchev–Trinajstić information content (AvgIpc) is 3.12. The highest BCUT2D eigenvalue weighted by atomic mass is 16.6. The maximum atomic E-state index is 12.2. The Kier molecular flexibility index (Phi) is 4.57. The van der Waals surface area contributed by atoms with Crippen LogP contribution in [0.3, 0.4) is 0 Å². The van der Waals surface area contributed by atoms with Gasteiger partial charge in [-0.2, -0.15) is 4.98 Å². The van der Waals surface area contributed by atoms with Gasteiger partial charge in [-0.1, -0.05) is 12.1 Å². The van der Waals surface area contributed by atoms with Gasteiger partial charge < -0.3 is 11.1 Å². The zero-order chi connectivity index (χ0) is 21.6. The number of amides is 1. The lowest BCUT2D eigenvalue weighted by molar-refractivity contribution is -0.384. The summed E-state index contributed by atoms with van der Waals surface area (Å²) in [6, 6.07) is 11.3. The summed E-state index contributed by atoms with van der Waals surface area (Å²) >= 11 is 0. The van der Waals surface area contributed by atoms with Crippen molar-refractivity contribution in [2.24, 2.45) is 5.73 Å². The molecule has 0 saturated heterocycles. The number of non-ortho nitro benzene ring substituents is 1. The zero-order valence-corrected chi connectivity index (χ0v) is 16.7. The molecule has 152 valence electrons. The molecule has 30 heavy (non-hydrogen) atoms. The number of fused-ring (bicyclic) bond motifs is 1. The topological polar surface area (TPSA) is 129 Å². The monoisotopic (exact) mass is 404 g/mol. The van der Waals surface area contributed by atoms with E-state index in [4.69, 9.17) is 5.73 Å². The van der Waals surface area contributed by atoms with Crippen LogP contribution in [0.2, 0.25) is 0 Å². The SMILES string of the molecule is CC1=C(C(N)=O)C(c2ccc([N+](=O)[O-])cc2)n2nc(-c3ccc(C)c(C)c3)nc2N1. The van der Waals surface area contributed by atoms with Crippen molar-refractivity contribution in [1.82, 2.24) is 14.8 Å². The van der Waals surface area contributed by atoms with Gasteiger partial charge >= 0.3 is 0 Å². The van der Waals surface area contributed by atoms with E-state index in [-0.39, 0.29) is 5.69 Å². The minimum Gasteiger partial charge on any atom is -0.366 e. The lowest BCUT2D eigenvalue weighted by atomic mass is 9.95. The second-order valence-electron chi connectivity index (χ2n) is 7.28. The molecule has 1 amide bonds. The molecule has 0 fully saturated rings. The van der Waals surface area contributed by atoms with Crippen molar-refractivity contribution >= 4 is 17.5 Å². The lowest BCUT2D eigenvalue weighted by Crippen LogP contribution is -2.31. The van der Waals surface area contributed by atoms with E-state index < -0.39 is 16.9 Å². The maximum absolute atomic E-state index is 12.2. The zero-order valence-electron chi connectivity index (χ0n) is 16.7. The summed E-state index contributed by atoms with van der Waals surface area (Å²) in [6.45, 7) is 5.79. The largest absolute Gasteiger partial charge is 0.366 e. The highest BCUT2D eigenvalue weighted by Crippen LogP contribution is 2.36. The summed E-state index contributed by atoms with van der Waals surface area (Å²) in [7, 11) is 0. The molecule has 0 bridgehead atoms. The quantitative estimate of drug-likeness (QED) is 0.507. The normalized spacial score (nSPS) is 15.5. The van der Waals surface area contributed by atoms with Crippen LogP contribution in [0.1, 0.15) is 29.7 Å². The van der Waals surface area contributed by atoms with Crippen molar-refractivity contribution in [3.8, 4) is 11.4 Å². The molecule has 3 N–H and O–H groups in total. The Morgan fingerprint density at radius 2 is 1.83 bits per heavy atom. The molecule has 9 nitrogen and oxygen atoms in total. The molecular formula is C21H20N6O3. The van der Waals surface area contributed by atoms with Crippen molar-refractivity contribution in [2.45, 2.75) is 26.8 Å². The van der Waals surface area contributed by atoms with Crippen molar-refractivity contribution < 1.29 is 9.72 Å². The Labute approximate surface area is 172 Å². The van der Waals surface area contributed by atoms with E-state index in [1.807, 2.05) is 32.0 Å². The fraction of sp³-hybridized carbons (Fsp3) is 0.190. The van der Waals surface area contributed by atoms with Crippen molar-refractivity contribution in [1.29, 1.82) is 0 Å². The van der Waals surface area contributed by atoms with Gasteiger partial charge in [0.15, 0.2) is 5.82 Å². The lowest BCUT2D eigenvalue weighted by Gasteiger charge is -2.27. The first-order valence-corrected chi connectivity index (χ1v) is 9.32. The second-order valence-corrected chi connectivity index (χ2v) is 7.28. The smallest absolute Gasteiger partial charge is 0.269 e. The number of nitrogens with zero attached hydrogens (tertiary/aromatic N) is 4. The Balaban J connectivity index is 1.85. The van der Waals surface area contributed by atoms with E-state index in [0.29, 0.717) is 28.6 Å². The van der Waals surface area contributed by atoms with Gasteiger partial charge in [0.25, 0.3) is 5.69 Å². The summed E-state index contributed by atoms with van der Waals surface area (Å²) in [5, 5.41) is 18.7. The van der Waals surface area contributed by atoms with Crippen LogP contribution >= 0.6 is 0 Å². The fourth-order valence-corrected chi connectivity index (χ4v) is 3.56. The van der Waals surface area contributed by atoms with Gasteiger partial charge in [-0.3, -0.25) is 14.9 Å². The highest BCUT2D eigenvalue weighted by Gasteiger charge is 2.33. The minimum atomic E-state index is -0.646. The number of hydrogen-bond donors (Lipinski definition) is 2. The third-order valence-corrected chi connectivity index (χ3v) is 5.30. The maximum Gasteiger partial charge on any atom is 0.269 e. The Hall–Kier alpha value is -4.01. The molecule has 1 aliphatic heterocycles. The van der Waals surface area contributed by atoms with Crippen LogP contribution in [0.5, 0.6) is 0 Å². The molecule has 1 unspecified atom stereocenters. The number of aromatic nitrogens is 3. The van der Waals surface area contributed by atoms with Crippen LogP contribution in [-0.4, -0.2) is 25.6 Å². The number of carbonyl (C=O) groups excluding carboxylic acids is 1. The number of nitrogens with one attached hydrogen (secondary N) is 1. The molecular weight excluding hydrogens is 384 g/mol. The van der Waals surface area contributed by atoms with E-state index in [0.717, 1.165) is 16.7 Å². The van der Waals surface area contributed by atoms with E-state index in [1.54, 1.807) is 23.7 Å². The Morgan fingerprint density at radius 1 is 1.13 bits per heavy atom. The third-order valence-electron chi connectivity index (χ3n) is 5.30. The van der Waals surface area contributed by atoms with Gasteiger partial charge in [0.2, 0.25) is 11.9 Å². The molecule has 0 radical (unpaired) electrons. The van der Waals surface area contributed by atoms with Crippen LogP contribution < -0.4 is 11.1 Å². The number of nitro benzene ring substituents is 1. The van der Waals surface area contributed by atoms with E-state index >= 15 is 0 Å². The molecule has 1 aromatic heterocycles. The molecule has 2 heterocycles. The van der Waals surface area contributed by atoms with E-state index in [9.17, 15) is 14.9 Å². The summed E-state index contributed by atoms with van der Waals surface area (Å²) < 4.78 is 1.60. The van der Waals surface area contributed by atoms with Crippen LogP contribution in [0.15, 0.2) is 53.7 Å². The molecule has 0 spiro atoms. The van der Waals surface area contributed by atoms with Gasteiger partial charge in [0.1, 0.15) is 6.04 Å². The molecule has 4 rings (SSSR count). The summed E-state index contributed by atoms with van der Waals surface area (Å²) in [6.07, 6.45) is 0. The van der Waals surface area contributed by atoms with Gasteiger partial charge in [-0.05, 0) is 55.7 Å². The number of primary amides is 1. The third kappa shape index (κ3) is 3.20. The van der Waals surface area contributed by atoms with Crippen LogP contribution in [-0.2, 0) is 4.79 Å². The molecule has 1 atom stereocenters. The van der Waals surface area contributed by atoms with Gasteiger partial charge in [-0.25, -0.2) is 4.68 Å². The number of allylic oxidation sites excluding steroid dienone is 1. The highest BCUT2D eigenvalue weighted by molar-refractivity contribution is 5.95. The van der Waals surface area contributed by atoms with Crippen LogP contribution in [0, 0.1) is 24.0 Å².